The summed E-state index contributed by atoms with van der Waals surface area (Å²) in [4.78, 5) is 16.6. The number of amides is 1. The molecule has 5 nitrogen and oxygen atoms in total. The fourth-order valence-electron chi connectivity index (χ4n) is 4.56. The number of hydrogen-bond donors (Lipinski definition) is 2. The van der Waals surface area contributed by atoms with Gasteiger partial charge >= 0.3 is 0 Å². The van der Waals surface area contributed by atoms with Crippen LogP contribution in [0.2, 0.25) is 0 Å². The van der Waals surface area contributed by atoms with E-state index in [2.05, 4.69) is 11.8 Å². The van der Waals surface area contributed by atoms with E-state index in [4.69, 9.17) is 0 Å². The van der Waals surface area contributed by atoms with E-state index in [-0.39, 0.29) is 12.5 Å². The van der Waals surface area contributed by atoms with Gasteiger partial charge in [-0.15, -0.1) is 0 Å². The van der Waals surface area contributed by atoms with Crippen molar-refractivity contribution in [3.05, 3.63) is 35.9 Å². The van der Waals surface area contributed by atoms with Crippen molar-refractivity contribution in [3.63, 3.8) is 0 Å². The van der Waals surface area contributed by atoms with Gasteiger partial charge in [-0.25, -0.2) is 0 Å². The summed E-state index contributed by atoms with van der Waals surface area (Å²) in [5, 5.41) is 21.8. The smallest absolute Gasteiger partial charge is 0.227 e. The molecule has 0 aromatic heterocycles. The summed E-state index contributed by atoms with van der Waals surface area (Å²) >= 11 is 0. The number of hydrogen-bond acceptors (Lipinski definition) is 4. The molecule has 1 saturated carbocycles. The molecule has 150 valence electrons. The molecule has 27 heavy (non-hydrogen) atoms. The second-order valence-electron chi connectivity index (χ2n) is 8.23. The van der Waals surface area contributed by atoms with E-state index < -0.39 is 11.7 Å². The van der Waals surface area contributed by atoms with Crippen molar-refractivity contribution < 1.29 is 15.0 Å². The lowest BCUT2D eigenvalue weighted by molar-refractivity contribution is -0.154. The Labute approximate surface area is 163 Å². The van der Waals surface area contributed by atoms with Gasteiger partial charge in [0.2, 0.25) is 5.91 Å². The number of likely N-dealkylation sites (tertiary alicyclic amines) is 1. The second-order valence-corrected chi connectivity index (χ2v) is 8.23. The average Bonchev–Trinajstić information content (AvgIpc) is 2.70. The number of nitrogens with zero attached hydrogens (tertiary/aromatic N) is 2. The molecule has 1 aromatic carbocycles. The van der Waals surface area contributed by atoms with Crippen molar-refractivity contribution in [1.29, 1.82) is 0 Å². The molecular weight excluding hydrogens is 340 g/mol. The van der Waals surface area contributed by atoms with Gasteiger partial charge in [0.1, 0.15) is 11.7 Å². The zero-order chi connectivity index (χ0) is 19.3. The fourth-order valence-corrected chi connectivity index (χ4v) is 4.56. The van der Waals surface area contributed by atoms with Gasteiger partial charge in [-0.3, -0.25) is 9.69 Å². The van der Waals surface area contributed by atoms with E-state index in [0.717, 1.165) is 12.1 Å². The number of aliphatic hydroxyl groups is 2. The van der Waals surface area contributed by atoms with Gasteiger partial charge in [-0.1, -0.05) is 56.5 Å². The minimum Gasteiger partial charge on any atom is -0.388 e. The molecule has 2 fully saturated rings. The minimum atomic E-state index is -1.13. The van der Waals surface area contributed by atoms with E-state index in [1.165, 1.54) is 32.1 Å². The van der Waals surface area contributed by atoms with Crippen LogP contribution in [0.3, 0.4) is 0 Å². The molecule has 0 spiro atoms. The molecule has 1 aliphatic heterocycles. The van der Waals surface area contributed by atoms with Gasteiger partial charge in [0.15, 0.2) is 0 Å². The molecule has 1 saturated heterocycles. The molecule has 2 aliphatic rings. The zero-order valence-electron chi connectivity index (χ0n) is 16.5. The maximum absolute atomic E-state index is 12.6. The monoisotopic (exact) mass is 374 g/mol. The highest BCUT2D eigenvalue weighted by Crippen LogP contribution is 2.29. The van der Waals surface area contributed by atoms with Crippen LogP contribution in [0, 0.1) is 0 Å². The van der Waals surface area contributed by atoms with Crippen molar-refractivity contribution in [3.8, 4) is 0 Å². The zero-order valence-corrected chi connectivity index (χ0v) is 16.5. The third-order valence-corrected chi connectivity index (χ3v) is 6.35. The predicted octanol–water partition coefficient (Wildman–Crippen LogP) is 2.21. The van der Waals surface area contributed by atoms with E-state index in [1.807, 2.05) is 30.3 Å². The van der Waals surface area contributed by atoms with Gasteiger partial charge in [-0.05, 0) is 31.4 Å². The van der Waals surface area contributed by atoms with Crippen LogP contribution in [0.15, 0.2) is 30.3 Å². The van der Waals surface area contributed by atoms with E-state index in [9.17, 15) is 15.0 Å². The summed E-state index contributed by atoms with van der Waals surface area (Å²) in [6.07, 6.45) is 6.05. The Morgan fingerprint density at radius 2 is 1.93 bits per heavy atom. The van der Waals surface area contributed by atoms with Crippen molar-refractivity contribution in [1.82, 2.24) is 9.80 Å². The summed E-state index contributed by atoms with van der Waals surface area (Å²) in [6, 6.07) is 10.2. The third-order valence-electron chi connectivity index (χ3n) is 6.35. The number of likely N-dealkylation sites (N-methyl/N-ethyl adjacent to an activating group) is 1. The molecule has 0 bridgehead atoms. The Kier molecular flexibility index (Phi) is 6.90. The first kappa shape index (κ1) is 20.3. The topological polar surface area (TPSA) is 64.0 Å². The lowest BCUT2D eigenvalue weighted by Crippen LogP contribution is -2.62. The largest absolute Gasteiger partial charge is 0.388 e. The molecule has 2 atom stereocenters. The highest BCUT2D eigenvalue weighted by atomic mass is 16.3. The molecule has 1 heterocycles. The fraction of sp³-hybridized carbons (Fsp3) is 0.682. The second kappa shape index (κ2) is 9.18. The van der Waals surface area contributed by atoms with Crippen LogP contribution in [-0.4, -0.2) is 69.8 Å². The quantitative estimate of drug-likeness (QED) is 0.801. The highest BCUT2D eigenvalue weighted by Gasteiger charge is 2.43. The first-order chi connectivity index (χ1) is 13.0. The molecule has 0 radical (unpaired) electrons. The molecule has 0 unspecified atom stereocenters. The van der Waals surface area contributed by atoms with Crippen LogP contribution < -0.4 is 0 Å². The standard InChI is InChI=1S/C22H34N2O3/c1-2-23(19-11-7-4-8-12-19)17-22(27)13-14-24(16-20(22)25)21(26)15-18-9-5-3-6-10-18/h3,5-6,9-10,19-20,25,27H,2,4,7-8,11-17H2,1H3/t20-,22-/m0/s1. The van der Waals surface area contributed by atoms with Gasteiger partial charge in [0.25, 0.3) is 0 Å². The maximum Gasteiger partial charge on any atom is 0.227 e. The first-order valence-corrected chi connectivity index (χ1v) is 10.5. The van der Waals surface area contributed by atoms with Crippen LogP contribution in [0.1, 0.15) is 51.0 Å². The van der Waals surface area contributed by atoms with Crippen LogP contribution in [0.5, 0.6) is 0 Å². The SMILES string of the molecule is CCN(C[C@@]1(O)CCN(C(=O)Cc2ccccc2)C[C@@H]1O)C1CCCCC1. The number of carbonyl (C=O) groups excluding carboxylic acids is 1. The van der Waals surface area contributed by atoms with Crippen LogP contribution in [-0.2, 0) is 11.2 Å². The van der Waals surface area contributed by atoms with E-state index in [1.54, 1.807) is 4.90 Å². The summed E-state index contributed by atoms with van der Waals surface area (Å²) < 4.78 is 0. The van der Waals surface area contributed by atoms with E-state index in [0.29, 0.717) is 32.0 Å². The number of piperidine rings is 1. The Bertz CT molecular complexity index is 603. The summed E-state index contributed by atoms with van der Waals surface area (Å²) in [7, 11) is 0. The molecule has 2 N–H and O–H groups in total. The maximum atomic E-state index is 12.6. The highest BCUT2D eigenvalue weighted by molar-refractivity contribution is 5.79. The van der Waals surface area contributed by atoms with Crippen molar-refractivity contribution in [2.75, 3.05) is 26.2 Å². The van der Waals surface area contributed by atoms with Crippen LogP contribution >= 0.6 is 0 Å². The molecule has 1 aliphatic carbocycles. The van der Waals surface area contributed by atoms with Gasteiger partial charge in [-0.2, -0.15) is 0 Å². The Hall–Kier alpha value is -1.43. The average molecular weight is 375 g/mol. The Balaban J connectivity index is 1.57. The molecule has 5 heteroatoms. The van der Waals surface area contributed by atoms with E-state index >= 15 is 0 Å². The predicted molar refractivity (Wildman–Crippen MR) is 106 cm³/mol. The number of β-amino-alcohol motifs (C(OH)–C–C–N with tert-alkyl or cyclic N) is 1. The number of aliphatic hydroxyl groups excluding tert-OH is 1. The minimum absolute atomic E-state index is 0.0157. The normalized spacial score (nSPS) is 27.1. The Morgan fingerprint density at radius 3 is 2.56 bits per heavy atom. The lowest BCUT2D eigenvalue weighted by atomic mass is 9.86. The van der Waals surface area contributed by atoms with Crippen LogP contribution in [0.25, 0.3) is 0 Å². The Morgan fingerprint density at radius 1 is 1.22 bits per heavy atom. The van der Waals surface area contributed by atoms with Gasteiger partial charge in [0, 0.05) is 25.7 Å². The first-order valence-electron chi connectivity index (χ1n) is 10.5. The summed E-state index contributed by atoms with van der Waals surface area (Å²) in [6.45, 7) is 4.22. The van der Waals surface area contributed by atoms with Crippen molar-refractivity contribution in [2.45, 2.75) is 69.6 Å². The van der Waals surface area contributed by atoms with Gasteiger partial charge in [0.05, 0.1) is 6.42 Å². The van der Waals surface area contributed by atoms with Gasteiger partial charge < -0.3 is 15.1 Å². The summed E-state index contributed by atoms with van der Waals surface area (Å²) in [5.41, 5.74) is -0.149. The third kappa shape index (κ3) is 5.09. The van der Waals surface area contributed by atoms with Crippen molar-refractivity contribution in [2.24, 2.45) is 0 Å². The number of carbonyl (C=O) groups is 1. The molecule has 3 rings (SSSR count). The molecule has 1 amide bonds. The lowest BCUT2D eigenvalue weighted by Gasteiger charge is -2.46. The summed E-state index contributed by atoms with van der Waals surface area (Å²) in [5.74, 6) is 0.0157. The molecular formula is C22H34N2O3. The van der Waals surface area contributed by atoms with Crippen LogP contribution in [0.4, 0.5) is 0 Å². The van der Waals surface area contributed by atoms with Crippen molar-refractivity contribution >= 4 is 5.91 Å². The molecule has 1 aromatic rings. The number of rotatable bonds is 6. The number of benzene rings is 1.